The Balaban J connectivity index is 0.000000336. The number of nitrogens with zero attached hydrogens (tertiary/aromatic N) is 1. The molecule has 0 saturated carbocycles. The molecule has 0 unspecified atom stereocenters. The summed E-state index contributed by atoms with van der Waals surface area (Å²) in [5.74, 6) is 0. The topological polar surface area (TPSA) is 12.9 Å². The number of aryl methyl sites for hydroxylation is 1. The number of rotatable bonds is 0. The number of aromatic nitrogens is 1. The quantitative estimate of drug-likeness (QED) is 0.601. The number of fused-ring (bicyclic) bond motifs is 1. The summed E-state index contributed by atoms with van der Waals surface area (Å²) in [7, 11) is 0. The van der Waals surface area contributed by atoms with Crippen LogP contribution in [-0.4, -0.2) is 4.98 Å². The number of hydrogen-bond acceptors (Lipinski definition) is 2. The van der Waals surface area contributed by atoms with Gasteiger partial charge in [-0.2, -0.15) is 0 Å². The van der Waals surface area contributed by atoms with Crippen molar-refractivity contribution < 1.29 is 0 Å². The van der Waals surface area contributed by atoms with Crippen molar-refractivity contribution >= 4 is 21.4 Å². The predicted molar refractivity (Wildman–Crippen MR) is 55.7 cm³/mol. The first-order valence-corrected chi connectivity index (χ1v) is 5.04. The lowest BCUT2D eigenvalue weighted by molar-refractivity contribution is 1.32. The normalized spacial score (nSPS) is 9.25. The molecule has 12 heavy (non-hydrogen) atoms. The summed E-state index contributed by atoms with van der Waals surface area (Å²) in [5, 5.41) is 3.35. The number of thiophene rings is 1. The van der Waals surface area contributed by atoms with Crippen LogP contribution in [0.2, 0.25) is 0 Å². The first kappa shape index (κ1) is 9.20. The third-order valence-corrected chi connectivity index (χ3v) is 2.60. The Kier molecular flexibility index (Phi) is 3.23. The molecule has 0 aliphatic rings. The second-order valence-corrected chi connectivity index (χ2v) is 3.21. The van der Waals surface area contributed by atoms with E-state index in [1.807, 2.05) is 26.2 Å². The Bertz CT molecular complexity index is 351. The zero-order valence-corrected chi connectivity index (χ0v) is 8.48. The highest BCUT2D eigenvalue weighted by Gasteiger charge is 1.95. The van der Waals surface area contributed by atoms with Gasteiger partial charge in [-0.1, -0.05) is 13.8 Å². The summed E-state index contributed by atoms with van der Waals surface area (Å²) < 4.78 is 1.36. The van der Waals surface area contributed by atoms with Crippen LogP contribution >= 0.6 is 11.3 Å². The minimum atomic E-state index is 1.25. The molecule has 2 aromatic rings. The molecule has 2 heterocycles. The summed E-state index contributed by atoms with van der Waals surface area (Å²) in [6, 6.07) is 2.10. The van der Waals surface area contributed by atoms with Gasteiger partial charge in [0, 0.05) is 22.5 Å². The highest BCUT2D eigenvalue weighted by Crippen LogP contribution is 2.22. The fourth-order valence-corrected chi connectivity index (χ4v) is 1.88. The van der Waals surface area contributed by atoms with Crippen molar-refractivity contribution in [3.63, 3.8) is 0 Å². The average molecular weight is 179 g/mol. The van der Waals surface area contributed by atoms with Crippen molar-refractivity contribution in [1.82, 2.24) is 4.98 Å². The maximum atomic E-state index is 4.09. The molecule has 0 atom stereocenters. The second kappa shape index (κ2) is 4.21. The third-order valence-electron chi connectivity index (χ3n) is 1.54. The fraction of sp³-hybridized carbons (Fsp3) is 0.300. The molecule has 0 N–H and O–H groups in total. The van der Waals surface area contributed by atoms with Crippen molar-refractivity contribution in [2.45, 2.75) is 20.8 Å². The Morgan fingerprint density at radius 2 is 2.00 bits per heavy atom. The van der Waals surface area contributed by atoms with Gasteiger partial charge in [-0.15, -0.1) is 11.3 Å². The molecule has 1 nitrogen and oxygen atoms in total. The Labute approximate surface area is 77.1 Å². The van der Waals surface area contributed by atoms with Crippen LogP contribution in [0, 0.1) is 6.92 Å². The fourth-order valence-electron chi connectivity index (χ4n) is 1.03. The van der Waals surface area contributed by atoms with Crippen LogP contribution in [0.15, 0.2) is 23.8 Å². The predicted octanol–water partition coefficient (Wildman–Crippen LogP) is 3.63. The van der Waals surface area contributed by atoms with E-state index in [1.165, 1.54) is 15.6 Å². The van der Waals surface area contributed by atoms with Crippen LogP contribution in [0.3, 0.4) is 0 Å². The number of hydrogen-bond donors (Lipinski definition) is 0. The lowest BCUT2D eigenvalue weighted by Gasteiger charge is -1.90. The van der Waals surface area contributed by atoms with E-state index in [0.29, 0.717) is 0 Å². The SMILES string of the molecule is CC.Cc1cncc2ccsc12. The smallest absolute Gasteiger partial charge is 0.0402 e. The minimum Gasteiger partial charge on any atom is -0.264 e. The van der Waals surface area contributed by atoms with Crippen molar-refractivity contribution in [1.29, 1.82) is 0 Å². The summed E-state index contributed by atoms with van der Waals surface area (Å²) in [5.41, 5.74) is 1.27. The van der Waals surface area contributed by atoms with Gasteiger partial charge in [-0.05, 0) is 23.9 Å². The van der Waals surface area contributed by atoms with E-state index in [9.17, 15) is 0 Å². The molecule has 2 aromatic heterocycles. The molecule has 0 aromatic carbocycles. The molecule has 0 aliphatic heterocycles. The van der Waals surface area contributed by atoms with Gasteiger partial charge in [0.25, 0.3) is 0 Å². The Morgan fingerprint density at radius 3 is 2.67 bits per heavy atom. The van der Waals surface area contributed by atoms with E-state index in [0.717, 1.165) is 0 Å². The van der Waals surface area contributed by atoms with Gasteiger partial charge in [0.05, 0.1) is 0 Å². The summed E-state index contributed by atoms with van der Waals surface area (Å²) in [6.07, 6.45) is 3.80. The van der Waals surface area contributed by atoms with Crippen LogP contribution < -0.4 is 0 Å². The lowest BCUT2D eigenvalue weighted by atomic mass is 10.2. The van der Waals surface area contributed by atoms with Gasteiger partial charge in [-0.3, -0.25) is 4.98 Å². The molecule has 2 rings (SSSR count). The van der Waals surface area contributed by atoms with E-state index in [4.69, 9.17) is 0 Å². The van der Waals surface area contributed by atoms with E-state index in [-0.39, 0.29) is 0 Å². The molecule has 0 fully saturated rings. The molecule has 0 bridgehead atoms. The van der Waals surface area contributed by atoms with Gasteiger partial charge in [-0.25, -0.2) is 0 Å². The first-order valence-electron chi connectivity index (χ1n) is 4.16. The van der Waals surface area contributed by atoms with E-state index >= 15 is 0 Å². The lowest BCUT2D eigenvalue weighted by Crippen LogP contribution is -1.73. The van der Waals surface area contributed by atoms with Crippen molar-refractivity contribution in [2.24, 2.45) is 0 Å². The summed E-state index contributed by atoms with van der Waals surface area (Å²) in [6.45, 7) is 6.09. The van der Waals surface area contributed by atoms with Crippen LogP contribution in [0.1, 0.15) is 19.4 Å². The molecular weight excluding hydrogens is 166 g/mol. The molecule has 64 valence electrons. The maximum absolute atomic E-state index is 4.09. The van der Waals surface area contributed by atoms with Crippen molar-refractivity contribution in [3.8, 4) is 0 Å². The molecule has 0 aliphatic carbocycles. The summed E-state index contributed by atoms with van der Waals surface area (Å²) in [4.78, 5) is 4.09. The zero-order valence-electron chi connectivity index (χ0n) is 7.66. The molecule has 0 spiro atoms. The van der Waals surface area contributed by atoms with Crippen molar-refractivity contribution in [2.75, 3.05) is 0 Å². The van der Waals surface area contributed by atoms with E-state index < -0.39 is 0 Å². The summed E-state index contributed by atoms with van der Waals surface area (Å²) >= 11 is 1.77. The second-order valence-electron chi connectivity index (χ2n) is 2.30. The standard InChI is InChI=1S/C8H7NS.C2H6/c1-6-4-9-5-7-2-3-10-8(6)7;1-2/h2-5H,1H3;1-2H3. The van der Waals surface area contributed by atoms with Gasteiger partial charge < -0.3 is 0 Å². The molecule has 2 heteroatoms. The highest BCUT2D eigenvalue weighted by atomic mass is 32.1. The van der Waals surface area contributed by atoms with Crippen LogP contribution in [0.25, 0.3) is 10.1 Å². The van der Waals surface area contributed by atoms with Crippen LogP contribution in [0.4, 0.5) is 0 Å². The molecule has 0 amide bonds. The zero-order chi connectivity index (χ0) is 8.97. The van der Waals surface area contributed by atoms with Gasteiger partial charge in [0.15, 0.2) is 0 Å². The third kappa shape index (κ3) is 1.64. The molecular formula is C10H13NS. The largest absolute Gasteiger partial charge is 0.264 e. The van der Waals surface area contributed by atoms with Crippen LogP contribution in [0.5, 0.6) is 0 Å². The average Bonchev–Trinajstić information content (AvgIpc) is 2.57. The van der Waals surface area contributed by atoms with Crippen molar-refractivity contribution in [3.05, 3.63) is 29.4 Å². The minimum absolute atomic E-state index is 1.25. The van der Waals surface area contributed by atoms with Crippen LogP contribution in [-0.2, 0) is 0 Å². The van der Waals surface area contributed by atoms with Gasteiger partial charge in [0.1, 0.15) is 0 Å². The Morgan fingerprint density at radius 1 is 1.25 bits per heavy atom. The molecule has 0 saturated heterocycles. The maximum Gasteiger partial charge on any atom is 0.0402 e. The van der Waals surface area contributed by atoms with Gasteiger partial charge >= 0.3 is 0 Å². The molecule has 0 radical (unpaired) electrons. The van der Waals surface area contributed by atoms with Gasteiger partial charge in [0.2, 0.25) is 0 Å². The monoisotopic (exact) mass is 179 g/mol. The van der Waals surface area contributed by atoms with E-state index in [2.05, 4.69) is 23.4 Å². The highest BCUT2D eigenvalue weighted by molar-refractivity contribution is 7.17. The number of pyridine rings is 1. The Hall–Kier alpha value is -0.890. The van der Waals surface area contributed by atoms with E-state index in [1.54, 1.807) is 11.3 Å². The first-order chi connectivity index (χ1) is 5.88.